The summed E-state index contributed by atoms with van der Waals surface area (Å²) >= 11 is 1.94. The number of aryl methyl sites for hydroxylation is 3. The molecule has 0 unspecified atom stereocenters. The minimum Gasteiger partial charge on any atom is -0.237 e. The van der Waals surface area contributed by atoms with E-state index in [1.165, 1.54) is 75.0 Å². The zero-order chi connectivity index (χ0) is 18.0. The Morgan fingerprint density at radius 1 is 0.929 bits per heavy atom. The number of benzene rings is 2. The van der Waals surface area contributed by atoms with Gasteiger partial charge in [-0.05, 0) is 60.4 Å². The van der Waals surface area contributed by atoms with Gasteiger partial charge < -0.3 is 0 Å². The molecule has 2 aliphatic carbocycles. The van der Waals surface area contributed by atoms with E-state index in [1.807, 2.05) is 11.3 Å². The van der Waals surface area contributed by atoms with Crippen molar-refractivity contribution in [3.8, 4) is 22.4 Å². The number of fused-ring (bicyclic) bond motifs is 6. The Labute approximate surface area is 175 Å². The predicted octanol–water partition coefficient (Wildman–Crippen LogP) is 7.14. The van der Waals surface area contributed by atoms with Gasteiger partial charge in [-0.2, -0.15) is 0 Å². The lowest BCUT2D eigenvalue weighted by Crippen LogP contribution is -2.00. The van der Waals surface area contributed by atoms with Crippen molar-refractivity contribution in [3.63, 3.8) is 0 Å². The van der Waals surface area contributed by atoms with Crippen LogP contribution in [-0.2, 0) is 19.3 Å². The van der Waals surface area contributed by atoms with Gasteiger partial charge in [0.2, 0.25) is 0 Å². The Bertz CT molecular complexity index is 1220. The van der Waals surface area contributed by atoms with Crippen LogP contribution in [0.15, 0.2) is 48.5 Å². The van der Waals surface area contributed by atoms with Crippen molar-refractivity contribution in [2.45, 2.75) is 39.0 Å². The zero-order valence-electron chi connectivity index (χ0n) is 15.9. The average molecular weight is 404 g/mol. The van der Waals surface area contributed by atoms with Gasteiger partial charge in [0.05, 0.1) is 5.69 Å². The highest BCUT2D eigenvalue weighted by atomic mass is 35.5. The van der Waals surface area contributed by atoms with Gasteiger partial charge in [-0.25, -0.2) is 4.98 Å². The molecule has 0 saturated heterocycles. The normalized spacial score (nSPS) is 14.3. The first kappa shape index (κ1) is 17.9. The maximum Gasteiger partial charge on any atom is 0.125 e. The molecule has 0 saturated carbocycles. The van der Waals surface area contributed by atoms with Gasteiger partial charge in [0.25, 0.3) is 0 Å². The van der Waals surface area contributed by atoms with E-state index in [-0.39, 0.29) is 12.4 Å². The predicted molar refractivity (Wildman–Crippen MR) is 122 cm³/mol. The Morgan fingerprint density at radius 2 is 1.79 bits per heavy atom. The van der Waals surface area contributed by atoms with Crippen LogP contribution in [-0.4, -0.2) is 4.98 Å². The smallest absolute Gasteiger partial charge is 0.125 e. The Morgan fingerprint density at radius 3 is 2.68 bits per heavy atom. The van der Waals surface area contributed by atoms with Crippen LogP contribution in [0.4, 0.5) is 0 Å². The molecule has 2 aliphatic rings. The molecule has 0 bridgehead atoms. The third kappa shape index (κ3) is 2.55. The molecule has 2 aromatic heterocycles. The summed E-state index contributed by atoms with van der Waals surface area (Å²) < 4.78 is 0. The minimum atomic E-state index is 0. The molecular formula is C25H22ClNS. The molecule has 28 heavy (non-hydrogen) atoms. The summed E-state index contributed by atoms with van der Waals surface area (Å²) in [7, 11) is 0. The highest BCUT2D eigenvalue weighted by Crippen LogP contribution is 2.48. The van der Waals surface area contributed by atoms with Gasteiger partial charge in [0.1, 0.15) is 4.83 Å². The molecule has 0 amide bonds. The number of halogens is 1. The second-order valence-electron chi connectivity index (χ2n) is 7.91. The molecule has 140 valence electrons. The van der Waals surface area contributed by atoms with E-state index < -0.39 is 0 Å². The summed E-state index contributed by atoms with van der Waals surface area (Å²) in [5.41, 5.74) is 11.1. The van der Waals surface area contributed by atoms with Crippen LogP contribution in [0.1, 0.15) is 40.0 Å². The minimum absolute atomic E-state index is 0. The Balaban J connectivity index is 0.00000171. The molecule has 0 aliphatic heterocycles. The fourth-order valence-electron chi connectivity index (χ4n) is 4.94. The third-order valence-electron chi connectivity index (χ3n) is 6.15. The van der Waals surface area contributed by atoms with Crippen molar-refractivity contribution in [3.05, 3.63) is 75.7 Å². The molecule has 0 radical (unpaired) electrons. The maximum atomic E-state index is 5.23. The molecule has 2 aromatic carbocycles. The summed E-state index contributed by atoms with van der Waals surface area (Å²) in [6, 6.07) is 17.8. The second kappa shape index (κ2) is 6.72. The van der Waals surface area contributed by atoms with Crippen molar-refractivity contribution in [1.29, 1.82) is 0 Å². The van der Waals surface area contributed by atoms with Crippen molar-refractivity contribution in [2.24, 2.45) is 0 Å². The van der Waals surface area contributed by atoms with Gasteiger partial charge >= 0.3 is 0 Å². The van der Waals surface area contributed by atoms with Crippen LogP contribution >= 0.6 is 23.7 Å². The number of rotatable bonds is 1. The Kier molecular flexibility index (Phi) is 4.30. The van der Waals surface area contributed by atoms with E-state index in [2.05, 4.69) is 55.5 Å². The van der Waals surface area contributed by atoms with Crippen LogP contribution in [0.2, 0.25) is 0 Å². The van der Waals surface area contributed by atoms with E-state index in [4.69, 9.17) is 4.98 Å². The molecule has 3 heteroatoms. The van der Waals surface area contributed by atoms with Crippen LogP contribution in [0.3, 0.4) is 0 Å². The molecule has 2 heterocycles. The van der Waals surface area contributed by atoms with E-state index in [1.54, 1.807) is 10.4 Å². The number of hydrogen-bond donors (Lipinski definition) is 0. The largest absolute Gasteiger partial charge is 0.237 e. The van der Waals surface area contributed by atoms with Gasteiger partial charge in [-0.1, -0.05) is 54.1 Å². The van der Waals surface area contributed by atoms with Crippen molar-refractivity contribution in [1.82, 2.24) is 4.98 Å². The lowest BCUT2D eigenvalue weighted by molar-refractivity contribution is 0.700. The zero-order valence-corrected chi connectivity index (χ0v) is 17.6. The highest BCUT2D eigenvalue weighted by Gasteiger charge is 2.28. The van der Waals surface area contributed by atoms with E-state index >= 15 is 0 Å². The number of thiophene rings is 1. The molecular weight excluding hydrogens is 382 g/mol. The number of pyridine rings is 1. The first-order valence-electron chi connectivity index (χ1n) is 9.92. The first-order chi connectivity index (χ1) is 13.3. The number of hydrogen-bond acceptors (Lipinski definition) is 2. The summed E-state index contributed by atoms with van der Waals surface area (Å²) in [5, 5.41) is 1.45. The Hall–Kier alpha value is -2.16. The first-order valence-corrected chi connectivity index (χ1v) is 10.7. The van der Waals surface area contributed by atoms with Gasteiger partial charge in [0.15, 0.2) is 0 Å². The van der Waals surface area contributed by atoms with Crippen molar-refractivity contribution >= 4 is 34.0 Å². The van der Waals surface area contributed by atoms with Crippen LogP contribution < -0.4 is 0 Å². The van der Waals surface area contributed by atoms with Crippen LogP contribution in [0.5, 0.6) is 0 Å². The molecule has 6 rings (SSSR count). The highest BCUT2D eigenvalue weighted by molar-refractivity contribution is 7.19. The fraction of sp³-hybridized carbons (Fsp3) is 0.240. The quantitative estimate of drug-likeness (QED) is 0.289. The molecule has 1 nitrogen and oxygen atoms in total. The standard InChI is InChI=1S/C25H21NS.ClH/c1-15-7-6-9-17(13-15)22-20-14-16-8-2-3-10-18(16)24(20)26-25-23(22)19-11-4-5-12-21(19)27-25;/h2-3,6-10,13H,4-5,11-12,14H2,1H3;1H. The van der Waals surface area contributed by atoms with Gasteiger partial charge in [0, 0.05) is 22.2 Å². The summed E-state index contributed by atoms with van der Waals surface area (Å²) in [6.45, 7) is 2.19. The molecule has 0 fully saturated rings. The summed E-state index contributed by atoms with van der Waals surface area (Å²) in [6.07, 6.45) is 6.07. The molecule has 0 N–H and O–H groups in total. The third-order valence-corrected chi connectivity index (χ3v) is 7.34. The fourth-order valence-corrected chi connectivity index (χ4v) is 6.21. The summed E-state index contributed by atoms with van der Waals surface area (Å²) in [4.78, 5) is 8.05. The SMILES string of the molecule is Cc1cccc(-c2c3c(nc4sc5c(c24)CCCC5)-c2ccccc2C3)c1.Cl. The van der Waals surface area contributed by atoms with Crippen LogP contribution in [0, 0.1) is 6.92 Å². The monoisotopic (exact) mass is 403 g/mol. The maximum absolute atomic E-state index is 5.23. The van der Waals surface area contributed by atoms with E-state index in [0.717, 1.165) is 6.42 Å². The number of nitrogens with zero attached hydrogens (tertiary/aromatic N) is 1. The van der Waals surface area contributed by atoms with E-state index in [9.17, 15) is 0 Å². The molecule has 0 atom stereocenters. The van der Waals surface area contributed by atoms with E-state index in [0.29, 0.717) is 0 Å². The lowest BCUT2D eigenvalue weighted by Gasteiger charge is -2.15. The lowest BCUT2D eigenvalue weighted by atomic mass is 9.89. The van der Waals surface area contributed by atoms with Gasteiger partial charge in [-0.15, -0.1) is 23.7 Å². The summed E-state index contributed by atoms with van der Waals surface area (Å²) in [5.74, 6) is 0. The second-order valence-corrected chi connectivity index (χ2v) is 8.99. The topological polar surface area (TPSA) is 12.9 Å². The average Bonchev–Trinajstić information content (AvgIpc) is 3.24. The molecule has 0 spiro atoms. The van der Waals surface area contributed by atoms with Gasteiger partial charge in [-0.3, -0.25) is 0 Å². The van der Waals surface area contributed by atoms with Crippen LogP contribution in [0.25, 0.3) is 32.6 Å². The van der Waals surface area contributed by atoms with Crippen molar-refractivity contribution < 1.29 is 0 Å². The number of aromatic nitrogens is 1. The molecule has 4 aromatic rings. The van der Waals surface area contributed by atoms with Crippen molar-refractivity contribution in [2.75, 3.05) is 0 Å².